The summed E-state index contributed by atoms with van der Waals surface area (Å²) in [6.45, 7) is 0. The first-order valence-electron chi connectivity index (χ1n) is 5.69. The molecule has 1 N–H and O–H groups in total. The quantitative estimate of drug-likeness (QED) is 0.745. The standard InChI is InChI=1S/C13H11FN4S/c1-18-8-9(7-16-18)19-17-12-5-4-11(14)10-3-2-6-15-13(10)12/h2-8,17H,1H3. The molecule has 0 unspecified atom stereocenters. The number of rotatable bonds is 3. The lowest BCUT2D eigenvalue weighted by Gasteiger charge is -2.07. The van der Waals surface area contributed by atoms with Gasteiger partial charge in [0.05, 0.1) is 22.3 Å². The molecular weight excluding hydrogens is 263 g/mol. The van der Waals surface area contributed by atoms with Crippen LogP contribution in [0.1, 0.15) is 0 Å². The second-order valence-electron chi connectivity index (χ2n) is 4.05. The Morgan fingerprint density at radius 3 is 3.00 bits per heavy atom. The van der Waals surface area contributed by atoms with E-state index in [4.69, 9.17) is 0 Å². The maximum Gasteiger partial charge on any atom is 0.132 e. The van der Waals surface area contributed by atoms with Crippen LogP contribution in [0.3, 0.4) is 0 Å². The maximum absolute atomic E-state index is 13.6. The molecule has 0 aliphatic carbocycles. The summed E-state index contributed by atoms with van der Waals surface area (Å²) in [6.07, 6.45) is 5.31. The number of hydrogen-bond acceptors (Lipinski definition) is 4. The highest BCUT2D eigenvalue weighted by molar-refractivity contribution is 8.00. The summed E-state index contributed by atoms with van der Waals surface area (Å²) in [4.78, 5) is 5.21. The first kappa shape index (κ1) is 12.0. The van der Waals surface area contributed by atoms with Gasteiger partial charge in [-0.05, 0) is 36.2 Å². The molecule has 0 saturated carbocycles. The minimum atomic E-state index is -0.264. The summed E-state index contributed by atoms with van der Waals surface area (Å²) in [5, 5.41) is 4.60. The lowest BCUT2D eigenvalue weighted by Crippen LogP contribution is -1.91. The Kier molecular flexibility index (Phi) is 3.08. The van der Waals surface area contributed by atoms with Crippen LogP contribution >= 0.6 is 11.9 Å². The van der Waals surface area contributed by atoms with E-state index < -0.39 is 0 Å². The van der Waals surface area contributed by atoms with Gasteiger partial charge in [0.2, 0.25) is 0 Å². The fraction of sp³-hybridized carbons (Fsp3) is 0.0769. The van der Waals surface area contributed by atoms with E-state index in [1.807, 2.05) is 13.2 Å². The average molecular weight is 274 g/mol. The van der Waals surface area contributed by atoms with E-state index in [-0.39, 0.29) is 5.82 Å². The number of pyridine rings is 1. The number of aryl methyl sites for hydroxylation is 1. The Balaban J connectivity index is 1.91. The molecule has 1 aromatic carbocycles. The minimum Gasteiger partial charge on any atom is -0.324 e. The van der Waals surface area contributed by atoms with Crippen molar-refractivity contribution in [2.75, 3.05) is 4.72 Å². The highest BCUT2D eigenvalue weighted by atomic mass is 32.2. The molecule has 2 heterocycles. The zero-order valence-electron chi connectivity index (χ0n) is 10.2. The van der Waals surface area contributed by atoms with Gasteiger partial charge < -0.3 is 4.72 Å². The number of anilines is 1. The van der Waals surface area contributed by atoms with Crippen LogP contribution in [0.2, 0.25) is 0 Å². The molecule has 6 heteroatoms. The van der Waals surface area contributed by atoms with Crippen LogP contribution < -0.4 is 4.72 Å². The Labute approximate surface area is 113 Å². The van der Waals surface area contributed by atoms with Crippen molar-refractivity contribution in [2.24, 2.45) is 7.05 Å². The summed E-state index contributed by atoms with van der Waals surface area (Å²) >= 11 is 1.42. The molecule has 0 bridgehead atoms. The fourth-order valence-electron chi connectivity index (χ4n) is 1.79. The monoisotopic (exact) mass is 274 g/mol. The van der Waals surface area contributed by atoms with Crippen LogP contribution in [0, 0.1) is 5.82 Å². The second-order valence-corrected chi connectivity index (χ2v) is 4.93. The van der Waals surface area contributed by atoms with Gasteiger partial charge in [0.15, 0.2) is 0 Å². The van der Waals surface area contributed by atoms with Crippen molar-refractivity contribution in [3.05, 3.63) is 48.7 Å². The topological polar surface area (TPSA) is 42.7 Å². The summed E-state index contributed by atoms with van der Waals surface area (Å²) in [5.74, 6) is -0.264. The van der Waals surface area contributed by atoms with Gasteiger partial charge in [-0.25, -0.2) is 4.39 Å². The number of nitrogens with zero attached hydrogens (tertiary/aromatic N) is 3. The molecule has 0 amide bonds. The van der Waals surface area contributed by atoms with Crippen LogP contribution in [0.25, 0.3) is 10.9 Å². The molecule has 96 valence electrons. The van der Waals surface area contributed by atoms with E-state index in [2.05, 4.69) is 14.8 Å². The largest absolute Gasteiger partial charge is 0.324 e. The van der Waals surface area contributed by atoms with Crippen LogP contribution in [-0.4, -0.2) is 14.8 Å². The van der Waals surface area contributed by atoms with E-state index in [0.29, 0.717) is 10.9 Å². The highest BCUT2D eigenvalue weighted by Crippen LogP contribution is 2.27. The third-order valence-corrected chi connectivity index (χ3v) is 3.44. The van der Waals surface area contributed by atoms with Crippen LogP contribution in [0.4, 0.5) is 10.1 Å². The Bertz CT molecular complexity index is 725. The first-order valence-corrected chi connectivity index (χ1v) is 6.50. The Hall–Kier alpha value is -2.08. The predicted molar refractivity (Wildman–Crippen MR) is 74.4 cm³/mol. The number of halogens is 1. The van der Waals surface area contributed by atoms with Gasteiger partial charge in [-0.15, -0.1) is 0 Å². The van der Waals surface area contributed by atoms with Gasteiger partial charge in [-0.1, -0.05) is 0 Å². The zero-order chi connectivity index (χ0) is 13.2. The maximum atomic E-state index is 13.6. The van der Waals surface area contributed by atoms with E-state index in [9.17, 15) is 4.39 Å². The van der Waals surface area contributed by atoms with Crippen molar-refractivity contribution in [2.45, 2.75) is 4.90 Å². The van der Waals surface area contributed by atoms with E-state index >= 15 is 0 Å². The normalized spacial score (nSPS) is 10.8. The fourth-order valence-corrected chi connectivity index (χ4v) is 2.48. The third-order valence-electron chi connectivity index (χ3n) is 2.68. The van der Waals surface area contributed by atoms with Gasteiger partial charge >= 0.3 is 0 Å². The van der Waals surface area contributed by atoms with Crippen molar-refractivity contribution in [1.29, 1.82) is 0 Å². The SMILES string of the molecule is Cn1cc(SNc2ccc(F)c3cccnc23)cn1. The predicted octanol–water partition coefficient (Wildman–Crippen LogP) is 3.23. The summed E-state index contributed by atoms with van der Waals surface area (Å²) in [5.41, 5.74) is 1.41. The smallest absolute Gasteiger partial charge is 0.132 e. The van der Waals surface area contributed by atoms with E-state index in [1.54, 1.807) is 35.3 Å². The number of benzene rings is 1. The lowest BCUT2D eigenvalue weighted by molar-refractivity contribution is 0.639. The van der Waals surface area contributed by atoms with Crippen LogP contribution in [0.5, 0.6) is 0 Å². The Morgan fingerprint density at radius 1 is 1.32 bits per heavy atom. The summed E-state index contributed by atoms with van der Waals surface area (Å²) in [7, 11) is 1.86. The van der Waals surface area contributed by atoms with Gasteiger partial charge in [0.1, 0.15) is 5.82 Å². The lowest BCUT2D eigenvalue weighted by atomic mass is 10.2. The van der Waals surface area contributed by atoms with Crippen molar-refractivity contribution < 1.29 is 4.39 Å². The van der Waals surface area contributed by atoms with E-state index in [1.165, 1.54) is 18.0 Å². The minimum absolute atomic E-state index is 0.264. The molecule has 3 aromatic rings. The Morgan fingerprint density at radius 2 is 2.21 bits per heavy atom. The molecule has 0 radical (unpaired) electrons. The number of fused-ring (bicyclic) bond motifs is 1. The van der Waals surface area contributed by atoms with Gasteiger partial charge in [-0.3, -0.25) is 9.67 Å². The average Bonchev–Trinajstić information content (AvgIpc) is 2.84. The van der Waals surface area contributed by atoms with Crippen molar-refractivity contribution in [1.82, 2.24) is 14.8 Å². The van der Waals surface area contributed by atoms with Crippen molar-refractivity contribution in [3.63, 3.8) is 0 Å². The number of aromatic nitrogens is 3. The zero-order valence-corrected chi connectivity index (χ0v) is 11.0. The highest BCUT2D eigenvalue weighted by Gasteiger charge is 2.07. The molecule has 3 rings (SSSR count). The van der Waals surface area contributed by atoms with Gasteiger partial charge in [0.25, 0.3) is 0 Å². The molecule has 0 saturated heterocycles. The van der Waals surface area contributed by atoms with Gasteiger partial charge in [-0.2, -0.15) is 5.10 Å². The first-order chi connectivity index (χ1) is 9.24. The summed E-state index contributed by atoms with van der Waals surface area (Å²) in [6, 6.07) is 6.57. The molecule has 0 atom stereocenters. The molecule has 0 fully saturated rings. The third kappa shape index (κ3) is 2.39. The van der Waals surface area contributed by atoms with Gasteiger partial charge in [0, 0.05) is 24.8 Å². The number of nitrogens with one attached hydrogen (secondary N) is 1. The van der Waals surface area contributed by atoms with Crippen LogP contribution in [-0.2, 0) is 7.05 Å². The van der Waals surface area contributed by atoms with Crippen molar-refractivity contribution in [3.8, 4) is 0 Å². The van der Waals surface area contributed by atoms with Crippen molar-refractivity contribution >= 4 is 28.5 Å². The molecule has 19 heavy (non-hydrogen) atoms. The molecule has 0 spiro atoms. The number of hydrogen-bond donors (Lipinski definition) is 1. The molecule has 4 nitrogen and oxygen atoms in total. The second kappa shape index (κ2) is 4.89. The molecule has 0 aliphatic rings. The van der Waals surface area contributed by atoms with Crippen LogP contribution in [0.15, 0.2) is 47.8 Å². The van der Waals surface area contributed by atoms with E-state index in [0.717, 1.165) is 10.6 Å². The molecular formula is C13H11FN4S. The summed E-state index contributed by atoms with van der Waals surface area (Å²) < 4.78 is 18.6. The molecule has 0 aliphatic heterocycles. The molecule has 2 aromatic heterocycles.